The SMILES string of the molecule is C/C=C/c1ccc(Cc2nc(CCCCCCCCCCCCC)nc(OC)n2)cc1S(=O)(=O)[O-].C/C=C/c1ccc(Nc2nc(N)nc(NCCCCCCCCCCCC)n2)cc1S(=O)(=O)[O-].CCCCCCCCCCCCNc1nc(N)nc(Nc2ccc(C)c(S(=O)(=O)[O-])c2)n1.CCCCCCCCCCCCNc1nc(Nc2ccc(C)c(S(=O)(=O)[O-])c2)nc(OC)n1.[Na+].[Na+].[Na+].[Na+]. The molecule has 0 spiro atoms. The van der Waals surface area contributed by atoms with Gasteiger partial charge in [-0.05, 0) is 124 Å². The van der Waals surface area contributed by atoms with Crippen LogP contribution in [0.4, 0.5) is 64.6 Å². The standard InChI is InChI=1S/C27H41N3O4S.C24H38N6O3S.C23H37N5O4S.C22H36N6O3S.4Na/c1-4-6-7-8-9-10-11-12-13-14-15-17-25-28-26(30-27(29-25)34-3)21-22-18-19-23(16-5-2)24(20-22)35(31,32)33;1-3-5-6-7-8-9-10-11-12-13-17-26-23-28-22(25)29-24(30-23)27-20-16-15-19(14-4-2)21(18-20)34(31,32)33;1-4-5-6-7-8-9-10-11-12-13-16-24-21-26-22(28-23(27-21)32-3)25-19-15-14-18(2)20(17-19)33(29,30)31;1-3-4-5-6-7-8-9-10-11-12-15-24-21-26-20(23)27-22(28-21)25-18-14-13-17(2)19(16-18)32(29,30)31;;;;/h5,16,18-20H,4,6-15,17,21H2,1-3H3,(H,31,32,33);4,14-16,18H,3,5-13,17H2,1-2H3,(H,31,32,33)(H4,25,26,27,28,29,30);14-15,17H,4-13,16H2,1-3H3,(H,29,30,31)(H2,24,25,26,27,28);13-14,16H,3-12,15H2,1-2H3,(H,29,30,31)(H4,23,24,25,26,27,28);;;;/q;;;;4*+1/p-4/b16-5+;14-4+;;;;;;. The molecular formula is C96H148N20Na4O14S4. The van der Waals surface area contributed by atoms with Crippen molar-refractivity contribution in [1.29, 1.82) is 0 Å². The van der Waals surface area contributed by atoms with Crippen molar-refractivity contribution in [3.05, 3.63) is 124 Å². The molecule has 0 aliphatic rings. The van der Waals surface area contributed by atoms with Gasteiger partial charge >= 0.3 is 130 Å². The molecule has 0 saturated heterocycles. The van der Waals surface area contributed by atoms with E-state index in [0.717, 1.165) is 77.4 Å². The number of nitrogens with one attached hydrogen (secondary N) is 6. The van der Waals surface area contributed by atoms with Gasteiger partial charge in [0.1, 0.15) is 52.1 Å². The van der Waals surface area contributed by atoms with Crippen molar-refractivity contribution >= 4 is 117 Å². The average molecular weight is 2030 g/mol. The molecule has 0 atom stereocenters. The number of nitrogens with zero attached hydrogens (tertiary/aromatic N) is 12. The summed E-state index contributed by atoms with van der Waals surface area (Å²) in [6, 6.07) is 18.5. The van der Waals surface area contributed by atoms with Crippen LogP contribution in [-0.4, -0.2) is 146 Å². The summed E-state index contributed by atoms with van der Waals surface area (Å²) in [5.74, 6) is 2.80. The van der Waals surface area contributed by atoms with E-state index in [-0.39, 0.29) is 186 Å². The van der Waals surface area contributed by atoms with Gasteiger partial charge < -0.3 is 71.1 Å². The molecule has 8 aromatic rings. The minimum atomic E-state index is -4.65. The van der Waals surface area contributed by atoms with Crippen molar-refractivity contribution in [3.8, 4) is 12.0 Å². The molecule has 10 N–H and O–H groups in total. The second-order valence-corrected chi connectivity index (χ2v) is 38.8. The molecule has 0 aliphatic carbocycles. The van der Waals surface area contributed by atoms with Crippen molar-refractivity contribution in [2.45, 2.75) is 351 Å². The second-order valence-electron chi connectivity index (χ2n) is 33.4. The van der Waals surface area contributed by atoms with E-state index in [1.165, 1.54) is 250 Å². The first-order valence-electron chi connectivity index (χ1n) is 48.0. The van der Waals surface area contributed by atoms with E-state index in [1.54, 1.807) is 101 Å². The minimum Gasteiger partial charge on any atom is -0.744 e. The number of aromatic nitrogens is 12. The first-order chi connectivity index (χ1) is 64.3. The number of aryl methyl sites for hydroxylation is 3. The number of hydrogen-bond donors (Lipinski definition) is 8. The van der Waals surface area contributed by atoms with E-state index in [1.807, 2.05) is 0 Å². The second kappa shape index (κ2) is 74.9. The summed E-state index contributed by atoms with van der Waals surface area (Å²) in [4.78, 5) is 49.6. The van der Waals surface area contributed by atoms with Crippen LogP contribution in [0.15, 0.2) is 105 Å². The van der Waals surface area contributed by atoms with E-state index in [0.29, 0.717) is 74.4 Å². The molecule has 4 aromatic heterocycles. The van der Waals surface area contributed by atoms with E-state index in [9.17, 15) is 51.9 Å². The third-order valence-electron chi connectivity index (χ3n) is 21.8. The molecule has 4 aromatic carbocycles. The maximum Gasteiger partial charge on any atom is 1.00 e. The Bertz CT molecular complexity index is 5300. The zero-order valence-electron chi connectivity index (χ0n) is 84.6. The van der Waals surface area contributed by atoms with Gasteiger partial charge in [0.25, 0.3) is 0 Å². The molecule has 42 heteroatoms. The third-order valence-corrected chi connectivity index (χ3v) is 25.5. The molecule has 0 radical (unpaired) electrons. The predicted molar refractivity (Wildman–Crippen MR) is 532 cm³/mol. The van der Waals surface area contributed by atoms with Gasteiger partial charge in [-0.3, -0.25) is 0 Å². The molecule has 34 nitrogen and oxygen atoms in total. The van der Waals surface area contributed by atoms with Gasteiger partial charge in [-0.2, -0.15) is 54.8 Å². The zero-order valence-corrected chi connectivity index (χ0v) is 95.9. The zero-order chi connectivity index (χ0) is 97.8. The van der Waals surface area contributed by atoms with Crippen LogP contribution in [0.3, 0.4) is 0 Å². The van der Waals surface area contributed by atoms with Crippen LogP contribution in [0.25, 0.3) is 12.2 Å². The van der Waals surface area contributed by atoms with Crippen molar-refractivity contribution in [1.82, 2.24) is 59.8 Å². The maximum atomic E-state index is 11.7. The molecule has 8 rings (SSSR count). The summed E-state index contributed by atoms with van der Waals surface area (Å²) in [5.41, 5.74) is 14.8. The molecule has 744 valence electrons. The monoisotopic (exact) mass is 2020 g/mol. The predicted octanol–water partition coefficient (Wildman–Crippen LogP) is 9.66. The fourth-order valence-corrected chi connectivity index (χ4v) is 17.5. The minimum absolute atomic E-state index is 0. The Morgan fingerprint density at radius 1 is 0.312 bits per heavy atom. The van der Waals surface area contributed by atoms with E-state index >= 15 is 0 Å². The van der Waals surface area contributed by atoms with E-state index in [4.69, 9.17) is 20.9 Å². The molecule has 0 aliphatic heterocycles. The Kier molecular flexibility index (Phi) is 70.6. The van der Waals surface area contributed by atoms with Crippen molar-refractivity contribution in [2.75, 3.05) is 77.2 Å². The first-order valence-corrected chi connectivity index (χ1v) is 53.7. The molecule has 0 amide bonds. The number of anilines is 11. The Morgan fingerprint density at radius 3 is 0.913 bits per heavy atom. The van der Waals surface area contributed by atoms with Crippen LogP contribution in [-0.2, 0) is 53.3 Å². The van der Waals surface area contributed by atoms with Gasteiger partial charge in [-0.25, -0.2) is 38.7 Å². The number of ether oxygens (including phenoxy) is 2. The normalized spacial score (nSPS) is 11.3. The topological polar surface area (TPSA) is 526 Å². The van der Waals surface area contributed by atoms with E-state index < -0.39 is 40.5 Å². The smallest absolute Gasteiger partial charge is 0.744 e. The van der Waals surface area contributed by atoms with Gasteiger partial charge in [-0.15, -0.1) is 0 Å². The molecule has 0 fully saturated rings. The maximum absolute atomic E-state index is 11.7. The quantitative estimate of drug-likeness (QED) is 0.00998. The van der Waals surface area contributed by atoms with Crippen LogP contribution < -0.4 is 171 Å². The molecular weight excluding hydrogens is 1880 g/mol. The fraction of sp³-hybridized carbons (Fsp3) is 0.583. The molecule has 0 unspecified atom stereocenters. The number of rotatable bonds is 64. The number of benzene rings is 4. The Balaban J connectivity index is 0.000000912. The molecule has 4 heterocycles. The van der Waals surface area contributed by atoms with Gasteiger partial charge in [0.05, 0.1) is 33.8 Å². The summed E-state index contributed by atoms with van der Waals surface area (Å²) in [7, 11) is -15.4. The van der Waals surface area contributed by atoms with Crippen LogP contribution >= 0.6 is 0 Å². The number of hydrogen-bond acceptors (Lipinski definition) is 34. The molecule has 0 saturated carbocycles. The number of nitrogen functional groups attached to an aromatic ring is 2. The number of unbranched alkanes of at least 4 members (excludes halogenated alkanes) is 37. The number of methoxy groups -OCH3 is 2. The fourth-order valence-electron chi connectivity index (χ4n) is 14.6. The molecule has 138 heavy (non-hydrogen) atoms. The Hall–Kier alpha value is -5.96. The largest absolute Gasteiger partial charge is 1.00 e. The summed E-state index contributed by atoms with van der Waals surface area (Å²) in [6.45, 7) is 17.8. The first kappa shape index (κ1) is 130. The van der Waals surface area contributed by atoms with Crippen LogP contribution in [0.1, 0.15) is 344 Å². The summed E-state index contributed by atoms with van der Waals surface area (Å²) in [5, 5.41) is 18.2. The summed E-state index contributed by atoms with van der Waals surface area (Å²) >= 11 is 0. The molecule has 0 bridgehead atoms. The Morgan fingerprint density at radius 2 is 0.580 bits per heavy atom. The average Bonchev–Trinajstić information content (AvgIpc) is 0.802. The van der Waals surface area contributed by atoms with Crippen LogP contribution in [0, 0.1) is 13.8 Å². The van der Waals surface area contributed by atoms with Gasteiger partial charge in [0.2, 0.25) is 47.6 Å². The van der Waals surface area contributed by atoms with Crippen LogP contribution in [0.2, 0.25) is 0 Å². The number of nitrogens with two attached hydrogens (primary N) is 2. The number of allylic oxidation sites excluding steroid dienone is 2. The third kappa shape index (κ3) is 56.3. The van der Waals surface area contributed by atoms with Gasteiger partial charge in [0.15, 0.2) is 0 Å². The van der Waals surface area contributed by atoms with Crippen molar-refractivity contribution in [3.63, 3.8) is 0 Å². The van der Waals surface area contributed by atoms with Crippen molar-refractivity contribution < 1.29 is 180 Å². The summed E-state index contributed by atoms with van der Waals surface area (Å²) < 4.78 is 149. The Labute approximate surface area is 911 Å². The van der Waals surface area contributed by atoms with E-state index in [2.05, 4.69) is 119 Å². The van der Waals surface area contributed by atoms with Gasteiger partial charge in [0, 0.05) is 49.5 Å². The summed E-state index contributed by atoms with van der Waals surface area (Å²) in [6.07, 6.45) is 59.4. The van der Waals surface area contributed by atoms with Crippen LogP contribution in [0.5, 0.6) is 12.0 Å². The van der Waals surface area contributed by atoms with Crippen molar-refractivity contribution in [2.24, 2.45) is 0 Å². The van der Waals surface area contributed by atoms with Gasteiger partial charge in [-0.1, -0.05) is 320 Å².